The van der Waals surface area contributed by atoms with Crippen molar-refractivity contribution < 1.29 is 9.90 Å². The molecule has 0 saturated heterocycles. The molecule has 2 rings (SSSR count). The molecule has 2 aromatic rings. The zero-order chi connectivity index (χ0) is 11.7. The minimum absolute atomic E-state index is 0.100. The van der Waals surface area contributed by atoms with Gasteiger partial charge < -0.3 is 5.11 Å². The zero-order valence-electron chi connectivity index (χ0n) is 9.15. The summed E-state index contributed by atoms with van der Waals surface area (Å²) in [5.74, 6) is -0.00393. The highest BCUT2D eigenvalue weighted by molar-refractivity contribution is 7.14. The van der Waals surface area contributed by atoms with Crippen LogP contribution in [-0.4, -0.2) is 10.9 Å². The van der Waals surface area contributed by atoms with Gasteiger partial charge in [0.2, 0.25) is 0 Å². The first-order valence-corrected chi connectivity index (χ1v) is 5.86. The average molecular weight is 232 g/mol. The van der Waals surface area contributed by atoms with Crippen molar-refractivity contribution >= 4 is 17.1 Å². The molecule has 0 aliphatic carbocycles. The predicted octanol–water partition coefficient (Wildman–Crippen LogP) is 3.63. The molecule has 0 radical (unpaired) electrons. The quantitative estimate of drug-likeness (QED) is 0.803. The van der Waals surface area contributed by atoms with E-state index in [4.69, 9.17) is 0 Å². The minimum Gasteiger partial charge on any atom is -0.506 e. The third kappa shape index (κ3) is 1.86. The number of benzene rings is 1. The van der Waals surface area contributed by atoms with Gasteiger partial charge in [0.25, 0.3) is 0 Å². The molecule has 0 unspecified atom stereocenters. The molecular weight excluding hydrogens is 220 g/mol. The van der Waals surface area contributed by atoms with Crippen molar-refractivity contribution in [3.05, 3.63) is 40.8 Å². The summed E-state index contributed by atoms with van der Waals surface area (Å²) in [7, 11) is 0. The Bertz CT molecular complexity index is 541. The van der Waals surface area contributed by atoms with Crippen LogP contribution in [-0.2, 0) is 0 Å². The number of carbonyl (C=O) groups excluding carboxylic acids is 1. The first-order chi connectivity index (χ1) is 7.59. The summed E-state index contributed by atoms with van der Waals surface area (Å²) in [6.07, 6.45) is 0. The maximum atomic E-state index is 11.2. The van der Waals surface area contributed by atoms with Crippen LogP contribution in [0, 0.1) is 6.92 Å². The van der Waals surface area contributed by atoms with Crippen LogP contribution >= 0.6 is 11.3 Å². The zero-order valence-corrected chi connectivity index (χ0v) is 9.97. The van der Waals surface area contributed by atoms with E-state index in [1.54, 1.807) is 5.38 Å². The van der Waals surface area contributed by atoms with Crippen LogP contribution in [0.2, 0.25) is 0 Å². The number of hydrogen-bond donors (Lipinski definition) is 1. The predicted molar refractivity (Wildman–Crippen MR) is 66.2 cm³/mol. The van der Waals surface area contributed by atoms with Crippen LogP contribution in [0.4, 0.5) is 0 Å². The van der Waals surface area contributed by atoms with Gasteiger partial charge in [-0.3, -0.25) is 4.79 Å². The van der Waals surface area contributed by atoms with E-state index < -0.39 is 0 Å². The summed E-state index contributed by atoms with van der Waals surface area (Å²) in [4.78, 5) is 12.0. The molecule has 2 nitrogen and oxygen atoms in total. The van der Waals surface area contributed by atoms with Crippen LogP contribution in [0.15, 0.2) is 29.6 Å². The van der Waals surface area contributed by atoms with Gasteiger partial charge >= 0.3 is 0 Å². The fourth-order valence-electron chi connectivity index (χ4n) is 1.59. The van der Waals surface area contributed by atoms with Gasteiger partial charge in [-0.05, 0) is 19.4 Å². The third-order valence-corrected chi connectivity index (χ3v) is 3.44. The maximum Gasteiger partial charge on any atom is 0.164 e. The highest BCUT2D eigenvalue weighted by Crippen LogP contribution is 2.38. The normalized spacial score (nSPS) is 10.4. The van der Waals surface area contributed by atoms with Crippen molar-refractivity contribution in [2.24, 2.45) is 0 Å². The van der Waals surface area contributed by atoms with Crippen LogP contribution < -0.4 is 0 Å². The molecule has 1 heterocycles. The van der Waals surface area contributed by atoms with Crippen molar-refractivity contribution in [3.8, 4) is 16.2 Å². The number of ketones is 1. The summed E-state index contributed by atoms with van der Waals surface area (Å²) >= 11 is 1.40. The van der Waals surface area contributed by atoms with E-state index in [0.29, 0.717) is 5.56 Å². The molecule has 1 aromatic heterocycles. The van der Waals surface area contributed by atoms with Gasteiger partial charge in [-0.2, -0.15) is 0 Å². The number of Topliss-reactive ketones (excluding diaryl/α,β-unsaturated/α-hetero) is 1. The summed E-state index contributed by atoms with van der Waals surface area (Å²) in [6, 6.07) is 7.87. The molecule has 0 aliphatic rings. The SMILES string of the molecule is CC(=O)c1csc(-c2cccc(C)c2)c1O. The van der Waals surface area contributed by atoms with E-state index in [1.165, 1.54) is 18.3 Å². The maximum absolute atomic E-state index is 11.2. The number of aromatic hydroxyl groups is 1. The van der Waals surface area contributed by atoms with Crippen molar-refractivity contribution in [2.75, 3.05) is 0 Å². The fourth-order valence-corrected chi connectivity index (χ4v) is 2.59. The van der Waals surface area contributed by atoms with Crippen molar-refractivity contribution in [2.45, 2.75) is 13.8 Å². The molecule has 82 valence electrons. The molecule has 0 amide bonds. The van der Waals surface area contributed by atoms with E-state index in [2.05, 4.69) is 0 Å². The topological polar surface area (TPSA) is 37.3 Å². The number of thiophene rings is 1. The van der Waals surface area contributed by atoms with E-state index in [1.807, 2.05) is 31.2 Å². The molecule has 0 fully saturated rings. The van der Waals surface area contributed by atoms with Crippen LogP contribution in [0.1, 0.15) is 22.8 Å². The van der Waals surface area contributed by atoms with Gasteiger partial charge in [0.1, 0.15) is 5.75 Å². The fraction of sp³-hybridized carbons (Fsp3) is 0.154. The Morgan fingerprint density at radius 2 is 2.12 bits per heavy atom. The second-order valence-electron chi connectivity index (χ2n) is 3.75. The molecule has 1 N–H and O–H groups in total. The standard InChI is InChI=1S/C13H12O2S/c1-8-4-3-5-10(6-8)13-12(15)11(7-16-13)9(2)14/h3-7,15H,1-2H3. The molecule has 3 heteroatoms. The third-order valence-electron chi connectivity index (χ3n) is 2.42. The summed E-state index contributed by atoms with van der Waals surface area (Å²) < 4.78 is 0. The van der Waals surface area contributed by atoms with Crippen molar-refractivity contribution in [1.82, 2.24) is 0 Å². The van der Waals surface area contributed by atoms with Crippen LogP contribution in [0.25, 0.3) is 10.4 Å². The van der Waals surface area contributed by atoms with Gasteiger partial charge in [-0.1, -0.05) is 29.8 Å². The van der Waals surface area contributed by atoms with Crippen LogP contribution in [0.5, 0.6) is 5.75 Å². The smallest absolute Gasteiger partial charge is 0.164 e. The molecule has 0 bridgehead atoms. The lowest BCUT2D eigenvalue weighted by Gasteiger charge is -2.01. The molecular formula is C13H12O2S. The van der Waals surface area contributed by atoms with Gasteiger partial charge in [-0.25, -0.2) is 0 Å². The highest BCUT2D eigenvalue weighted by atomic mass is 32.1. The highest BCUT2D eigenvalue weighted by Gasteiger charge is 2.15. The Morgan fingerprint density at radius 1 is 1.38 bits per heavy atom. The van der Waals surface area contributed by atoms with Gasteiger partial charge in [-0.15, -0.1) is 11.3 Å². The molecule has 0 saturated carbocycles. The Kier molecular flexibility index (Phi) is 2.79. The first kappa shape index (κ1) is 10.9. The average Bonchev–Trinajstić information content (AvgIpc) is 2.60. The van der Waals surface area contributed by atoms with Gasteiger partial charge in [0.05, 0.1) is 10.4 Å². The second kappa shape index (κ2) is 4.10. The molecule has 0 aliphatic heterocycles. The minimum atomic E-state index is -0.104. The van der Waals surface area contributed by atoms with E-state index in [9.17, 15) is 9.90 Å². The Morgan fingerprint density at radius 3 is 2.69 bits per heavy atom. The van der Waals surface area contributed by atoms with Crippen molar-refractivity contribution in [3.63, 3.8) is 0 Å². The Labute approximate surface area is 98.2 Å². The molecule has 16 heavy (non-hydrogen) atoms. The lowest BCUT2D eigenvalue weighted by atomic mass is 10.1. The van der Waals surface area contributed by atoms with Crippen molar-refractivity contribution in [1.29, 1.82) is 0 Å². The molecule has 1 aromatic carbocycles. The lowest BCUT2D eigenvalue weighted by Crippen LogP contribution is -1.88. The van der Waals surface area contributed by atoms with Crippen LogP contribution in [0.3, 0.4) is 0 Å². The number of hydrogen-bond acceptors (Lipinski definition) is 3. The Hall–Kier alpha value is -1.61. The van der Waals surface area contributed by atoms with E-state index >= 15 is 0 Å². The monoisotopic (exact) mass is 232 g/mol. The lowest BCUT2D eigenvalue weighted by molar-refractivity contribution is 0.101. The summed E-state index contributed by atoms with van der Waals surface area (Å²) in [6.45, 7) is 3.46. The molecule has 0 atom stereocenters. The van der Waals surface area contributed by atoms with Gasteiger partial charge in [0, 0.05) is 5.38 Å². The number of carbonyl (C=O) groups is 1. The van der Waals surface area contributed by atoms with E-state index in [-0.39, 0.29) is 11.5 Å². The first-order valence-electron chi connectivity index (χ1n) is 4.98. The Balaban J connectivity index is 2.53. The number of rotatable bonds is 2. The summed E-state index contributed by atoms with van der Waals surface area (Å²) in [5, 5.41) is 11.6. The molecule has 0 spiro atoms. The van der Waals surface area contributed by atoms with E-state index in [0.717, 1.165) is 16.0 Å². The number of aryl methyl sites for hydroxylation is 1. The second-order valence-corrected chi connectivity index (χ2v) is 4.63. The summed E-state index contributed by atoms with van der Waals surface area (Å²) in [5.41, 5.74) is 2.49. The van der Waals surface area contributed by atoms with Gasteiger partial charge in [0.15, 0.2) is 5.78 Å². The largest absolute Gasteiger partial charge is 0.506 e.